The first-order chi connectivity index (χ1) is 12.4. The number of imide groups is 1. The maximum Gasteiger partial charge on any atom is 0.306 e. The van der Waals surface area contributed by atoms with Crippen LogP contribution in [-0.2, 0) is 32.9 Å². The van der Waals surface area contributed by atoms with Crippen LogP contribution in [0.3, 0.4) is 0 Å². The Balaban J connectivity index is 1.61. The first-order valence-corrected chi connectivity index (χ1v) is 11.0. The highest BCUT2D eigenvalue weighted by Crippen LogP contribution is 2.49. The van der Waals surface area contributed by atoms with E-state index in [2.05, 4.69) is 0 Å². The number of rotatable bonds is 9. The van der Waals surface area contributed by atoms with Gasteiger partial charge in [0.25, 0.3) is 0 Å². The average Bonchev–Trinajstić information content (AvgIpc) is 3.27. The molecule has 5 atom stereocenters. The van der Waals surface area contributed by atoms with Crippen molar-refractivity contribution in [3.05, 3.63) is 12.2 Å². The maximum atomic E-state index is 13.0. The maximum absolute atomic E-state index is 13.0. The van der Waals surface area contributed by atoms with Gasteiger partial charge in [-0.25, -0.2) is 0 Å². The summed E-state index contributed by atoms with van der Waals surface area (Å²) >= 11 is 0. The third kappa shape index (κ3) is 3.50. The first-order valence-electron chi connectivity index (χ1n) is 8.97. The van der Waals surface area contributed by atoms with Crippen LogP contribution in [0.4, 0.5) is 0 Å². The molecule has 26 heavy (non-hydrogen) atoms. The van der Waals surface area contributed by atoms with Crippen molar-refractivity contribution >= 4 is 25.2 Å². The molecule has 2 saturated heterocycles. The molecule has 0 aromatic carbocycles. The lowest BCUT2D eigenvalue weighted by atomic mass is 9.85. The zero-order valence-corrected chi connectivity index (χ0v) is 15.9. The number of amides is 2. The number of hydrogen-bond acceptors (Lipinski definition) is 7. The lowest BCUT2D eigenvalue weighted by Crippen LogP contribution is -2.36. The van der Waals surface area contributed by atoms with Crippen molar-refractivity contribution in [3.8, 4) is 0 Å². The van der Waals surface area contributed by atoms with Crippen molar-refractivity contribution < 1.29 is 32.9 Å². The molecule has 9 heteroatoms. The van der Waals surface area contributed by atoms with Gasteiger partial charge < -0.3 is 14.0 Å². The molecule has 2 unspecified atom stereocenters. The second kappa shape index (κ2) is 7.62. The van der Waals surface area contributed by atoms with Gasteiger partial charge in [-0.2, -0.15) is 0 Å². The highest BCUT2D eigenvalue weighted by Gasteiger charge is 2.60. The fraction of sp³-hybridized carbons (Fsp3) is 0.706. The Labute approximate surface area is 152 Å². The predicted molar refractivity (Wildman–Crippen MR) is 91.7 cm³/mol. The van der Waals surface area contributed by atoms with Gasteiger partial charge in [0.05, 0.1) is 43.7 Å². The van der Waals surface area contributed by atoms with Crippen molar-refractivity contribution in [2.75, 3.05) is 32.1 Å². The molecule has 0 radical (unpaired) electrons. The van der Waals surface area contributed by atoms with Crippen molar-refractivity contribution in [1.82, 2.24) is 4.90 Å². The van der Waals surface area contributed by atoms with E-state index < -0.39 is 25.2 Å². The zero-order chi connectivity index (χ0) is 18.9. The fourth-order valence-electron chi connectivity index (χ4n) is 3.81. The minimum atomic E-state index is -3.14. The van der Waals surface area contributed by atoms with Crippen LogP contribution in [0.1, 0.15) is 20.3 Å². The fourth-order valence-corrected chi connectivity index (χ4v) is 5.79. The minimum absolute atomic E-state index is 0.0137. The molecular formula is C17H24NO7P. The number of ether oxygens (including phenoxy) is 2. The van der Waals surface area contributed by atoms with Gasteiger partial charge in [-0.15, -0.1) is 0 Å². The van der Waals surface area contributed by atoms with Crippen molar-refractivity contribution in [1.29, 1.82) is 0 Å². The van der Waals surface area contributed by atoms with Crippen LogP contribution in [0.25, 0.3) is 0 Å². The Kier molecular flexibility index (Phi) is 5.65. The summed E-state index contributed by atoms with van der Waals surface area (Å²) in [4.78, 5) is 37.9. The van der Waals surface area contributed by atoms with E-state index in [1.54, 1.807) is 13.8 Å². The van der Waals surface area contributed by atoms with E-state index in [4.69, 9.17) is 14.0 Å². The monoisotopic (exact) mass is 385 g/mol. The quantitative estimate of drug-likeness (QED) is 0.254. The smallest absolute Gasteiger partial charge is 0.306 e. The topological polar surface area (TPSA) is 99.2 Å². The van der Waals surface area contributed by atoms with Gasteiger partial charge in [-0.3, -0.25) is 23.8 Å². The molecule has 144 valence electrons. The Bertz CT molecular complexity index is 646. The highest BCUT2D eigenvalue weighted by atomic mass is 31.2. The molecule has 3 aliphatic heterocycles. The summed E-state index contributed by atoms with van der Waals surface area (Å²) in [5, 5.41) is 0. The van der Waals surface area contributed by atoms with Crippen molar-refractivity contribution in [2.45, 2.75) is 32.5 Å². The van der Waals surface area contributed by atoms with Crippen LogP contribution in [0.2, 0.25) is 0 Å². The molecule has 0 aromatic rings. The largest absolute Gasteiger partial charge is 0.466 e. The third-order valence-electron chi connectivity index (χ3n) is 4.99. The van der Waals surface area contributed by atoms with E-state index in [0.717, 1.165) is 0 Å². The number of nitrogens with zero attached hydrogens (tertiary/aromatic N) is 1. The average molecular weight is 385 g/mol. The van der Waals surface area contributed by atoms with Gasteiger partial charge in [0.15, 0.2) is 0 Å². The summed E-state index contributed by atoms with van der Waals surface area (Å²) in [6.45, 7) is 3.94. The molecular weight excluding hydrogens is 361 g/mol. The van der Waals surface area contributed by atoms with Gasteiger partial charge in [-0.05, 0) is 13.8 Å². The normalized spacial score (nSPS) is 31.4. The second-order valence-electron chi connectivity index (χ2n) is 6.56. The molecule has 0 aromatic heterocycles. The summed E-state index contributed by atoms with van der Waals surface area (Å²) < 4.78 is 28.8. The van der Waals surface area contributed by atoms with Gasteiger partial charge in [0.2, 0.25) is 19.2 Å². The Morgan fingerprint density at radius 1 is 1.12 bits per heavy atom. The van der Waals surface area contributed by atoms with Gasteiger partial charge >= 0.3 is 5.97 Å². The second-order valence-corrected chi connectivity index (χ2v) is 9.35. The van der Waals surface area contributed by atoms with Crippen LogP contribution < -0.4 is 0 Å². The molecule has 2 fully saturated rings. The molecule has 0 aliphatic carbocycles. The number of fused-ring (bicyclic) bond motifs is 5. The van der Waals surface area contributed by atoms with Crippen LogP contribution in [-0.4, -0.2) is 67.0 Å². The van der Waals surface area contributed by atoms with Crippen LogP contribution >= 0.6 is 7.37 Å². The van der Waals surface area contributed by atoms with Crippen molar-refractivity contribution in [2.24, 2.45) is 11.8 Å². The molecule has 2 amide bonds. The van der Waals surface area contributed by atoms with E-state index in [0.29, 0.717) is 0 Å². The molecule has 8 nitrogen and oxygen atoms in total. The highest BCUT2D eigenvalue weighted by molar-refractivity contribution is 7.59. The van der Waals surface area contributed by atoms with Gasteiger partial charge in [0, 0.05) is 18.9 Å². The summed E-state index contributed by atoms with van der Waals surface area (Å²) in [6, 6.07) is 0. The van der Waals surface area contributed by atoms with E-state index in [1.165, 1.54) is 4.90 Å². The molecule has 3 rings (SSSR count). The molecule has 0 N–H and O–H groups in total. The van der Waals surface area contributed by atoms with E-state index in [-0.39, 0.29) is 62.5 Å². The summed E-state index contributed by atoms with van der Waals surface area (Å²) in [5.74, 6) is -1.92. The van der Waals surface area contributed by atoms with E-state index >= 15 is 0 Å². The first kappa shape index (κ1) is 19.3. The molecule has 0 spiro atoms. The number of esters is 1. The van der Waals surface area contributed by atoms with Crippen LogP contribution in [0.5, 0.6) is 0 Å². The van der Waals surface area contributed by atoms with Crippen LogP contribution in [0.15, 0.2) is 12.2 Å². The van der Waals surface area contributed by atoms with Gasteiger partial charge in [-0.1, -0.05) is 12.2 Å². The minimum Gasteiger partial charge on any atom is -0.466 e. The number of likely N-dealkylation sites (tertiary alicyclic amines) is 1. The summed E-state index contributed by atoms with van der Waals surface area (Å²) in [7, 11) is -3.14. The zero-order valence-electron chi connectivity index (χ0n) is 15.0. The summed E-state index contributed by atoms with van der Waals surface area (Å²) in [6.07, 6.45) is 3.04. The van der Waals surface area contributed by atoms with Gasteiger partial charge in [0.1, 0.15) is 0 Å². The molecule has 3 heterocycles. The SMILES string of the molecule is CCOC(=O)CCP(=O)(CCN1C(=O)C2[C@@H]3C=C[C@@H](O3)[C@@H]2C1=O)OCC. The predicted octanol–water partition coefficient (Wildman–Crippen LogP) is 1.19. The molecule has 3 aliphatic rings. The number of hydrogen-bond donors (Lipinski definition) is 0. The Hall–Kier alpha value is -1.50. The van der Waals surface area contributed by atoms with E-state index in [9.17, 15) is 18.9 Å². The lowest BCUT2D eigenvalue weighted by molar-refractivity contribution is -0.143. The van der Waals surface area contributed by atoms with Crippen molar-refractivity contribution in [3.63, 3.8) is 0 Å². The molecule has 0 saturated carbocycles. The lowest BCUT2D eigenvalue weighted by Gasteiger charge is -2.22. The number of carbonyl (C=O) groups excluding carboxylic acids is 3. The molecule has 2 bridgehead atoms. The third-order valence-corrected chi connectivity index (χ3v) is 7.51. The standard InChI is InChI=1S/C17H24NO7P/c1-3-23-13(19)7-9-26(22,24-4-2)10-8-18-16(20)14-11-5-6-12(25-11)15(14)17(18)21/h5-6,11-12,14-15H,3-4,7-10H2,1-2H3/t11-,12+,14+,15?,26?/m1/s1. The van der Waals surface area contributed by atoms with E-state index in [1.807, 2.05) is 12.2 Å². The summed E-state index contributed by atoms with van der Waals surface area (Å²) in [5.41, 5.74) is 0. The van der Waals surface area contributed by atoms with Crippen LogP contribution in [0, 0.1) is 11.8 Å². The Morgan fingerprint density at radius 2 is 1.73 bits per heavy atom. The number of carbonyl (C=O) groups is 3. The Morgan fingerprint density at radius 3 is 2.27 bits per heavy atom.